The van der Waals surface area contributed by atoms with Gasteiger partial charge in [-0.25, -0.2) is 0 Å². The lowest BCUT2D eigenvalue weighted by Crippen LogP contribution is -2.41. The van der Waals surface area contributed by atoms with Gasteiger partial charge in [-0.3, -0.25) is 9.69 Å². The minimum absolute atomic E-state index is 0.00525. The molecule has 1 amide bonds. The topological polar surface area (TPSA) is 53.6 Å². The van der Waals surface area contributed by atoms with Crippen molar-refractivity contribution in [3.8, 4) is 0 Å². The van der Waals surface area contributed by atoms with Crippen LogP contribution in [0.5, 0.6) is 0 Å². The summed E-state index contributed by atoms with van der Waals surface area (Å²) in [6.07, 6.45) is 4.46. The van der Waals surface area contributed by atoms with E-state index >= 15 is 0 Å². The van der Waals surface area contributed by atoms with Crippen molar-refractivity contribution in [1.82, 2.24) is 15.5 Å². The summed E-state index contributed by atoms with van der Waals surface area (Å²) in [6.45, 7) is 6.39. The first kappa shape index (κ1) is 17.4. The van der Waals surface area contributed by atoms with Gasteiger partial charge in [0, 0.05) is 26.2 Å². The number of piperidine rings is 1. The van der Waals surface area contributed by atoms with Crippen molar-refractivity contribution >= 4 is 5.91 Å². The predicted molar refractivity (Wildman–Crippen MR) is 94.6 cm³/mol. The Morgan fingerprint density at radius 3 is 2.62 bits per heavy atom. The highest BCUT2D eigenvalue weighted by Gasteiger charge is 2.17. The number of rotatable bonds is 6. The van der Waals surface area contributed by atoms with E-state index in [1.165, 1.54) is 37.9 Å². The van der Waals surface area contributed by atoms with Crippen LogP contribution in [-0.2, 0) is 22.6 Å². The lowest BCUT2D eigenvalue weighted by molar-refractivity contribution is -0.124. The zero-order valence-electron chi connectivity index (χ0n) is 14.4. The summed E-state index contributed by atoms with van der Waals surface area (Å²) in [7, 11) is 0. The maximum atomic E-state index is 12.0. The molecule has 2 aliphatic rings. The SMILES string of the molecule is O=C(CC1CNCCO1)NCc1ccc(CN2CCCCC2)cc1. The highest BCUT2D eigenvalue weighted by molar-refractivity contribution is 5.76. The van der Waals surface area contributed by atoms with E-state index in [1.807, 2.05) is 0 Å². The highest BCUT2D eigenvalue weighted by Crippen LogP contribution is 2.13. The number of nitrogens with zero attached hydrogens (tertiary/aromatic N) is 1. The van der Waals surface area contributed by atoms with E-state index in [2.05, 4.69) is 39.8 Å². The van der Waals surface area contributed by atoms with Crippen molar-refractivity contribution in [1.29, 1.82) is 0 Å². The maximum absolute atomic E-state index is 12.0. The standard InChI is InChI=1S/C19H29N3O2/c23-19(12-18-14-20-8-11-24-18)21-13-16-4-6-17(7-5-16)15-22-9-2-1-3-10-22/h4-7,18,20H,1-3,8-15H2,(H,21,23). The van der Waals surface area contributed by atoms with E-state index in [9.17, 15) is 4.79 Å². The van der Waals surface area contributed by atoms with Gasteiger partial charge in [0.05, 0.1) is 19.1 Å². The Morgan fingerprint density at radius 1 is 1.17 bits per heavy atom. The summed E-state index contributed by atoms with van der Waals surface area (Å²) in [5, 5.41) is 6.23. The van der Waals surface area contributed by atoms with E-state index in [-0.39, 0.29) is 12.0 Å². The molecule has 0 aromatic heterocycles. The number of hydrogen-bond donors (Lipinski definition) is 2. The molecule has 2 aliphatic heterocycles. The van der Waals surface area contributed by atoms with Crippen LogP contribution in [0.2, 0.25) is 0 Å². The molecule has 1 atom stereocenters. The third-order valence-corrected chi connectivity index (χ3v) is 4.78. The van der Waals surface area contributed by atoms with Crippen LogP contribution in [0.1, 0.15) is 36.8 Å². The predicted octanol–water partition coefficient (Wildman–Crippen LogP) is 1.67. The Morgan fingerprint density at radius 2 is 1.92 bits per heavy atom. The number of amides is 1. The summed E-state index contributed by atoms with van der Waals surface area (Å²) in [4.78, 5) is 14.5. The molecule has 24 heavy (non-hydrogen) atoms. The molecule has 0 bridgehead atoms. The Kier molecular flexibility index (Phi) is 6.64. The van der Waals surface area contributed by atoms with Crippen LogP contribution < -0.4 is 10.6 Å². The van der Waals surface area contributed by atoms with E-state index < -0.39 is 0 Å². The second kappa shape index (κ2) is 9.16. The molecule has 0 radical (unpaired) electrons. The number of morpholine rings is 1. The van der Waals surface area contributed by atoms with Crippen LogP contribution in [0, 0.1) is 0 Å². The molecule has 132 valence electrons. The number of likely N-dealkylation sites (tertiary alicyclic amines) is 1. The average molecular weight is 331 g/mol. The van der Waals surface area contributed by atoms with Gasteiger partial charge >= 0.3 is 0 Å². The molecule has 5 nitrogen and oxygen atoms in total. The lowest BCUT2D eigenvalue weighted by Gasteiger charge is -2.26. The molecule has 1 unspecified atom stereocenters. The molecule has 2 N–H and O–H groups in total. The van der Waals surface area contributed by atoms with Gasteiger partial charge in [-0.1, -0.05) is 30.7 Å². The smallest absolute Gasteiger partial charge is 0.222 e. The molecule has 0 saturated carbocycles. The van der Waals surface area contributed by atoms with Crippen LogP contribution in [0.25, 0.3) is 0 Å². The van der Waals surface area contributed by atoms with Crippen molar-refractivity contribution in [3.05, 3.63) is 35.4 Å². The minimum Gasteiger partial charge on any atom is -0.375 e. The van der Waals surface area contributed by atoms with Gasteiger partial charge in [0.2, 0.25) is 5.91 Å². The summed E-state index contributed by atoms with van der Waals surface area (Å²) in [6, 6.07) is 8.62. The molecule has 2 heterocycles. The Bertz CT molecular complexity index is 506. The van der Waals surface area contributed by atoms with Gasteiger partial charge in [0.1, 0.15) is 0 Å². The zero-order valence-corrected chi connectivity index (χ0v) is 14.4. The summed E-state index contributed by atoms with van der Waals surface area (Å²) < 4.78 is 5.56. The van der Waals surface area contributed by atoms with Gasteiger partial charge in [-0.05, 0) is 37.1 Å². The largest absolute Gasteiger partial charge is 0.375 e. The fourth-order valence-electron chi connectivity index (χ4n) is 3.37. The summed E-state index contributed by atoms with van der Waals surface area (Å²) in [5.74, 6) is 0.0566. The van der Waals surface area contributed by atoms with Gasteiger partial charge in [0.15, 0.2) is 0 Å². The summed E-state index contributed by atoms with van der Waals surface area (Å²) >= 11 is 0. The monoisotopic (exact) mass is 331 g/mol. The second-order valence-corrected chi connectivity index (χ2v) is 6.83. The van der Waals surface area contributed by atoms with Crippen LogP contribution in [0.4, 0.5) is 0 Å². The first-order valence-corrected chi connectivity index (χ1v) is 9.19. The first-order chi connectivity index (χ1) is 11.8. The Balaban J connectivity index is 1.39. The lowest BCUT2D eigenvalue weighted by atomic mass is 10.1. The van der Waals surface area contributed by atoms with Crippen LogP contribution in [0.15, 0.2) is 24.3 Å². The van der Waals surface area contributed by atoms with Gasteiger partial charge in [-0.2, -0.15) is 0 Å². The van der Waals surface area contributed by atoms with Gasteiger partial charge < -0.3 is 15.4 Å². The molecule has 0 spiro atoms. The van der Waals surface area contributed by atoms with Crippen molar-refractivity contribution < 1.29 is 9.53 Å². The van der Waals surface area contributed by atoms with Crippen LogP contribution in [-0.4, -0.2) is 49.7 Å². The number of carbonyl (C=O) groups excluding carboxylic acids is 1. The van der Waals surface area contributed by atoms with Crippen LogP contribution >= 0.6 is 0 Å². The van der Waals surface area contributed by atoms with Crippen molar-refractivity contribution in [2.45, 2.75) is 44.9 Å². The third kappa shape index (κ3) is 5.58. The molecule has 2 fully saturated rings. The zero-order chi connectivity index (χ0) is 16.6. The molecule has 3 rings (SSSR count). The number of hydrogen-bond acceptors (Lipinski definition) is 4. The van der Waals surface area contributed by atoms with E-state index in [0.717, 1.165) is 25.2 Å². The number of nitrogens with one attached hydrogen (secondary N) is 2. The molecular weight excluding hydrogens is 302 g/mol. The fourth-order valence-corrected chi connectivity index (χ4v) is 3.37. The second-order valence-electron chi connectivity index (χ2n) is 6.83. The van der Waals surface area contributed by atoms with Crippen LogP contribution in [0.3, 0.4) is 0 Å². The minimum atomic E-state index is 0.00525. The van der Waals surface area contributed by atoms with E-state index in [1.54, 1.807) is 0 Å². The Hall–Kier alpha value is -1.43. The third-order valence-electron chi connectivity index (χ3n) is 4.78. The number of ether oxygens (including phenoxy) is 1. The Labute approximate surface area is 144 Å². The van der Waals surface area contributed by atoms with Gasteiger partial charge in [-0.15, -0.1) is 0 Å². The molecule has 0 aliphatic carbocycles. The molecule has 5 heteroatoms. The highest BCUT2D eigenvalue weighted by atomic mass is 16.5. The first-order valence-electron chi connectivity index (χ1n) is 9.19. The fraction of sp³-hybridized carbons (Fsp3) is 0.632. The molecule has 2 saturated heterocycles. The van der Waals surface area contributed by atoms with Crippen molar-refractivity contribution in [3.63, 3.8) is 0 Å². The molecular formula is C19H29N3O2. The molecule has 1 aromatic rings. The number of carbonyl (C=O) groups is 1. The quantitative estimate of drug-likeness (QED) is 0.833. The average Bonchev–Trinajstić information content (AvgIpc) is 2.63. The molecule has 1 aromatic carbocycles. The maximum Gasteiger partial charge on any atom is 0.222 e. The summed E-state index contributed by atoms with van der Waals surface area (Å²) in [5.41, 5.74) is 2.50. The van der Waals surface area contributed by atoms with E-state index in [0.29, 0.717) is 19.6 Å². The number of benzene rings is 1. The van der Waals surface area contributed by atoms with E-state index in [4.69, 9.17) is 4.74 Å². The van der Waals surface area contributed by atoms with Crippen molar-refractivity contribution in [2.75, 3.05) is 32.8 Å². The van der Waals surface area contributed by atoms with Gasteiger partial charge in [0.25, 0.3) is 0 Å². The van der Waals surface area contributed by atoms with Crippen molar-refractivity contribution in [2.24, 2.45) is 0 Å². The normalized spacial score (nSPS) is 22.2.